The van der Waals surface area contributed by atoms with Crippen molar-refractivity contribution in [2.75, 3.05) is 19.8 Å². The van der Waals surface area contributed by atoms with Gasteiger partial charge in [-0.1, -0.05) is 11.6 Å². The molecule has 1 aliphatic heterocycles. The van der Waals surface area contributed by atoms with Gasteiger partial charge in [0.15, 0.2) is 0 Å². The van der Waals surface area contributed by atoms with Gasteiger partial charge in [-0.3, -0.25) is 0 Å². The van der Waals surface area contributed by atoms with Crippen molar-refractivity contribution in [1.82, 2.24) is 0 Å². The Morgan fingerprint density at radius 2 is 2.32 bits per heavy atom. The number of ether oxygens (including phenoxy) is 3. The molecule has 0 aliphatic carbocycles. The fourth-order valence-electron chi connectivity index (χ4n) is 1.93. The van der Waals surface area contributed by atoms with Crippen LogP contribution in [0.15, 0.2) is 18.2 Å². The van der Waals surface area contributed by atoms with Crippen molar-refractivity contribution in [2.24, 2.45) is 0 Å². The summed E-state index contributed by atoms with van der Waals surface area (Å²) in [7, 11) is 0. The van der Waals surface area contributed by atoms with E-state index in [0.717, 1.165) is 0 Å². The van der Waals surface area contributed by atoms with Crippen molar-refractivity contribution in [1.29, 1.82) is 0 Å². The first kappa shape index (κ1) is 16.9. The number of benzene rings is 1. The third kappa shape index (κ3) is 4.80. The number of hydrogen-bond donors (Lipinski definition) is 0. The van der Waals surface area contributed by atoms with E-state index in [2.05, 4.69) is 0 Å². The lowest BCUT2D eigenvalue weighted by molar-refractivity contribution is -0.137. The van der Waals surface area contributed by atoms with Crippen LogP contribution in [0.2, 0.25) is 5.02 Å². The summed E-state index contributed by atoms with van der Waals surface area (Å²) in [5, 5.41) is -0.00927. The van der Waals surface area contributed by atoms with E-state index >= 15 is 0 Å². The highest BCUT2D eigenvalue weighted by Crippen LogP contribution is 2.28. The Balaban J connectivity index is 2.17. The van der Waals surface area contributed by atoms with Crippen molar-refractivity contribution in [2.45, 2.75) is 26.1 Å². The van der Waals surface area contributed by atoms with Crippen molar-refractivity contribution in [3.8, 4) is 0 Å². The second kappa shape index (κ2) is 7.72. The molecule has 0 saturated carbocycles. The standard InChI is InChI=1S/C16H18ClFO4/c1-3-20-16(19)5-4-11-6-14(17)15(18)7-13(11)10(2)21-8-12-9-22-12/h4-7,10,12H,3,8-9H2,1-2H3/b5-4+/t10-,12+/m1/s1. The molecular weight excluding hydrogens is 311 g/mol. The molecule has 0 aromatic heterocycles. The Kier molecular flexibility index (Phi) is 5.94. The monoisotopic (exact) mass is 328 g/mol. The van der Waals surface area contributed by atoms with Crippen LogP contribution in [-0.4, -0.2) is 31.9 Å². The minimum absolute atomic E-state index is 0.00927. The van der Waals surface area contributed by atoms with Gasteiger partial charge in [-0.25, -0.2) is 9.18 Å². The molecule has 0 N–H and O–H groups in total. The summed E-state index contributed by atoms with van der Waals surface area (Å²) in [6, 6.07) is 2.79. The van der Waals surface area contributed by atoms with E-state index < -0.39 is 11.8 Å². The molecule has 120 valence electrons. The Morgan fingerprint density at radius 1 is 1.59 bits per heavy atom. The molecule has 1 saturated heterocycles. The van der Waals surface area contributed by atoms with Gasteiger partial charge in [0.2, 0.25) is 0 Å². The first-order valence-electron chi connectivity index (χ1n) is 7.08. The van der Waals surface area contributed by atoms with Gasteiger partial charge in [-0.2, -0.15) is 0 Å². The Morgan fingerprint density at radius 3 is 2.95 bits per heavy atom. The molecule has 1 aromatic carbocycles. The minimum Gasteiger partial charge on any atom is -0.463 e. The summed E-state index contributed by atoms with van der Waals surface area (Å²) >= 11 is 5.82. The zero-order valence-corrected chi connectivity index (χ0v) is 13.2. The quantitative estimate of drug-likeness (QED) is 0.436. The van der Waals surface area contributed by atoms with Gasteiger partial charge in [0.25, 0.3) is 0 Å². The van der Waals surface area contributed by atoms with E-state index in [-0.39, 0.29) is 17.2 Å². The number of epoxide rings is 1. The van der Waals surface area contributed by atoms with Crippen LogP contribution in [0.25, 0.3) is 6.08 Å². The molecule has 2 atom stereocenters. The maximum Gasteiger partial charge on any atom is 0.330 e. The molecule has 1 aromatic rings. The number of carbonyl (C=O) groups excluding carboxylic acids is 1. The molecular formula is C16H18ClFO4. The minimum atomic E-state index is -0.525. The molecule has 22 heavy (non-hydrogen) atoms. The van der Waals surface area contributed by atoms with Crippen molar-refractivity contribution < 1.29 is 23.4 Å². The lowest BCUT2D eigenvalue weighted by Crippen LogP contribution is -2.08. The summed E-state index contributed by atoms with van der Waals surface area (Å²) in [5.41, 5.74) is 1.23. The lowest BCUT2D eigenvalue weighted by atomic mass is 10.0. The van der Waals surface area contributed by atoms with Gasteiger partial charge in [0, 0.05) is 6.08 Å². The smallest absolute Gasteiger partial charge is 0.330 e. The van der Waals surface area contributed by atoms with Crippen molar-refractivity contribution >= 4 is 23.6 Å². The summed E-state index contributed by atoms with van der Waals surface area (Å²) in [4.78, 5) is 11.4. The Bertz CT molecular complexity index is 570. The second-order valence-corrected chi connectivity index (χ2v) is 5.32. The van der Waals surface area contributed by atoms with Crippen LogP contribution in [0, 0.1) is 5.82 Å². The number of rotatable bonds is 7. The average Bonchev–Trinajstić information content (AvgIpc) is 3.30. The van der Waals surface area contributed by atoms with Crippen LogP contribution in [-0.2, 0) is 19.0 Å². The predicted octanol–water partition coefficient (Wildman–Crippen LogP) is 3.53. The molecule has 0 bridgehead atoms. The highest BCUT2D eigenvalue weighted by molar-refractivity contribution is 6.30. The van der Waals surface area contributed by atoms with Gasteiger partial charge in [-0.15, -0.1) is 0 Å². The maximum absolute atomic E-state index is 13.7. The second-order valence-electron chi connectivity index (χ2n) is 4.91. The molecule has 0 radical (unpaired) electrons. The largest absolute Gasteiger partial charge is 0.463 e. The summed E-state index contributed by atoms with van der Waals surface area (Å²) in [5.74, 6) is -0.989. The van der Waals surface area contributed by atoms with Gasteiger partial charge >= 0.3 is 5.97 Å². The van der Waals surface area contributed by atoms with Crippen molar-refractivity contribution in [3.05, 3.63) is 40.2 Å². The molecule has 6 heteroatoms. The molecule has 1 heterocycles. The fourth-order valence-corrected chi connectivity index (χ4v) is 2.10. The first-order valence-corrected chi connectivity index (χ1v) is 7.46. The van der Waals surface area contributed by atoms with Gasteiger partial charge < -0.3 is 14.2 Å². The van der Waals surface area contributed by atoms with E-state index in [1.165, 1.54) is 18.2 Å². The summed E-state index contributed by atoms with van der Waals surface area (Å²) in [6.45, 7) is 4.97. The first-order chi connectivity index (χ1) is 10.5. The van der Waals surface area contributed by atoms with Gasteiger partial charge in [-0.05, 0) is 43.2 Å². The normalized spacial score (nSPS) is 18.5. The fraction of sp³-hybridized carbons (Fsp3) is 0.438. The SMILES string of the molecule is CCOC(=O)/C=C/c1cc(Cl)c(F)cc1[C@@H](C)OC[C@H]1CO1. The van der Waals surface area contributed by atoms with E-state index in [9.17, 15) is 9.18 Å². The maximum atomic E-state index is 13.7. The molecule has 1 aliphatic rings. The molecule has 2 rings (SSSR count). The average molecular weight is 329 g/mol. The van der Waals surface area contributed by atoms with E-state index in [0.29, 0.717) is 30.9 Å². The highest BCUT2D eigenvalue weighted by Gasteiger charge is 2.24. The third-order valence-electron chi connectivity index (χ3n) is 3.18. The number of halogens is 2. The topological polar surface area (TPSA) is 48.1 Å². The van der Waals surface area contributed by atoms with E-state index in [1.54, 1.807) is 13.0 Å². The van der Waals surface area contributed by atoms with Gasteiger partial charge in [0.05, 0.1) is 30.9 Å². The van der Waals surface area contributed by atoms with Crippen molar-refractivity contribution in [3.63, 3.8) is 0 Å². The zero-order valence-electron chi connectivity index (χ0n) is 12.5. The van der Waals surface area contributed by atoms with E-state index in [1.807, 2.05) is 6.92 Å². The summed E-state index contributed by atoms with van der Waals surface area (Å²) in [6.07, 6.45) is 2.61. The molecule has 1 fully saturated rings. The zero-order chi connectivity index (χ0) is 16.1. The number of esters is 1. The molecule has 0 unspecified atom stereocenters. The van der Waals surface area contributed by atoms with Crippen LogP contribution in [0.5, 0.6) is 0 Å². The molecule has 0 amide bonds. The third-order valence-corrected chi connectivity index (χ3v) is 3.47. The Labute approximate surface area is 133 Å². The van der Waals surface area contributed by atoms with Crippen LogP contribution in [0.3, 0.4) is 0 Å². The Hall–Kier alpha value is -1.43. The van der Waals surface area contributed by atoms with E-state index in [4.69, 9.17) is 25.8 Å². The molecule has 4 nitrogen and oxygen atoms in total. The number of carbonyl (C=O) groups is 1. The van der Waals surface area contributed by atoms with Crippen LogP contribution >= 0.6 is 11.6 Å². The lowest BCUT2D eigenvalue weighted by Gasteiger charge is -2.16. The number of hydrogen-bond acceptors (Lipinski definition) is 4. The van der Waals surface area contributed by atoms with Crippen LogP contribution in [0.1, 0.15) is 31.1 Å². The predicted molar refractivity (Wildman–Crippen MR) is 81.2 cm³/mol. The highest BCUT2D eigenvalue weighted by atomic mass is 35.5. The van der Waals surface area contributed by atoms with Gasteiger partial charge in [0.1, 0.15) is 11.9 Å². The molecule has 0 spiro atoms. The summed E-state index contributed by atoms with van der Waals surface area (Å²) < 4.78 is 29.3. The van der Waals surface area contributed by atoms with Crippen LogP contribution in [0.4, 0.5) is 4.39 Å². The van der Waals surface area contributed by atoms with Crippen LogP contribution < -0.4 is 0 Å².